The number of nitrogens with zero attached hydrogens (tertiary/aromatic N) is 2. The second-order valence-electron chi connectivity index (χ2n) is 7.30. The van der Waals surface area contributed by atoms with Crippen LogP contribution in [0, 0.1) is 20.6 Å². The van der Waals surface area contributed by atoms with Gasteiger partial charge in [-0.2, -0.15) is 0 Å². The first-order chi connectivity index (χ1) is 16.2. The fourth-order valence-corrected chi connectivity index (χ4v) is 4.40. The number of nitro groups is 1. The van der Waals surface area contributed by atoms with Gasteiger partial charge in [0.2, 0.25) is 5.91 Å². The largest absolute Gasteiger partial charge is 0.456 e. The van der Waals surface area contributed by atoms with E-state index in [9.17, 15) is 24.5 Å². The van der Waals surface area contributed by atoms with Gasteiger partial charge in [-0.3, -0.25) is 29.4 Å². The molecule has 0 aliphatic carbocycles. The molecule has 0 bridgehead atoms. The summed E-state index contributed by atoms with van der Waals surface area (Å²) in [6, 6.07) is 15.0. The molecule has 1 aliphatic heterocycles. The van der Waals surface area contributed by atoms with Crippen LogP contribution in [0.15, 0.2) is 63.9 Å². The quantitative estimate of drug-likeness (QED) is 0.176. The average Bonchev–Trinajstić information content (AvgIpc) is 3.35. The van der Waals surface area contributed by atoms with Gasteiger partial charge in [-0.1, -0.05) is 6.07 Å². The minimum atomic E-state index is -0.618. The van der Waals surface area contributed by atoms with Crippen molar-refractivity contribution >= 4 is 68.9 Å². The number of nitrogens with one attached hydrogen (secondary N) is 1. The number of amides is 3. The lowest BCUT2D eigenvalue weighted by Gasteiger charge is -2.12. The molecule has 1 fully saturated rings. The number of nitro benzene ring substituents is 1. The molecule has 1 N–H and O–H groups in total. The van der Waals surface area contributed by atoms with Crippen molar-refractivity contribution in [1.29, 1.82) is 0 Å². The zero-order valence-electron chi connectivity index (χ0n) is 17.6. The van der Waals surface area contributed by atoms with Crippen molar-refractivity contribution in [3.8, 4) is 11.3 Å². The van der Waals surface area contributed by atoms with Crippen LogP contribution in [0.2, 0.25) is 0 Å². The second kappa shape index (κ2) is 9.81. The summed E-state index contributed by atoms with van der Waals surface area (Å²) in [6.45, 7) is 1.33. The maximum Gasteiger partial charge on any atom is 0.294 e. The van der Waals surface area contributed by atoms with Crippen molar-refractivity contribution in [2.24, 2.45) is 0 Å². The van der Waals surface area contributed by atoms with E-state index in [4.69, 9.17) is 4.42 Å². The third kappa shape index (κ3) is 5.20. The number of furan rings is 1. The molecular formula is C23H16IN3O6S. The van der Waals surface area contributed by atoms with Crippen molar-refractivity contribution in [3.05, 3.63) is 84.5 Å². The molecule has 0 unspecified atom stereocenters. The number of halogens is 1. The molecule has 2 heterocycles. The summed E-state index contributed by atoms with van der Waals surface area (Å²) in [5.74, 6) is -0.614. The highest BCUT2D eigenvalue weighted by molar-refractivity contribution is 14.1. The molecule has 1 aliphatic rings. The van der Waals surface area contributed by atoms with Gasteiger partial charge < -0.3 is 9.73 Å². The Balaban J connectivity index is 1.49. The highest BCUT2D eigenvalue weighted by Gasteiger charge is 2.36. The molecule has 9 nitrogen and oxygen atoms in total. The van der Waals surface area contributed by atoms with Crippen molar-refractivity contribution in [2.45, 2.75) is 6.92 Å². The molecule has 0 atom stereocenters. The van der Waals surface area contributed by atoms with Crippen LogP contribution in [0.5, 0.6) is 0 Å². The lowest BCUT2D eigenvalue weighted by molar-refractivity contribution is -0.384. The number of aryl methyl sites for hydroxylation is 1. The molecule has 0 spiro atoms. The van der Waals surface area contributed by atoms with Crippen LogP contribution in [0.4, 0.5) is 16.2 Å². The predicted molar refractivity (Wildman–Crippen MR) is 136 cm³/mol. The van der Waals surface area contributed by atoms with Crippen molar-refractivity contribution in [3.63, 3.8) is 0 Å². The highest BCUT2D eigenvalue weighted by atomic mass is 127. The number of carbonyl (C=O) groups excluding carboxylic acids is 3. The molecule has 1 aromatic heterocycles. The molecule has 172 valence electrons. The summed E-state index contributed by atoms with van der Waals surface area (Å²) in [5, 5.41) is 13.5. The standard InChI is InChI=1S/C23H16IN3O6S/c1-13-2-8-17(18(10-13)27(31)32)19-9-7-16(33-19)11-20-22(29)26(23(30)34-20)12-21(28)25-15-5-3-14(24)4-6-15/h2-11H,12H2,1H3,(H,25,28)/b20-11+. The fourth-order valence-electron chi connectivity index (χ4n) is 3.22. The molecule has 3 aromatic rings. The smallest absolute Gasteiger partial charge is 0.294 e. The molecule has 3 amide bonds. The number of hydrogen-bond acceptors (Lipinski definition) is 7. The summed E-state index contributed by atoms with van der Waals surface area (Å²) in [4.78, 5) is 49.2. The van der Waals surface area contributed by atoms with Crippen molar-refractivity contribution in [1.82, 2.24) is 4.90 Å². The van der Waals surface area contributed by atoms with Crippen LogP contribution in [0.1, 0.15) is 11.3 Å². The highest BCUT2D eigenvalue weighted by Crippen LogP contribution is 2.35. The third-order valence-corrected chi connectivity index (χ3v) is 6.45. The van der Waals surface area contributed by atoms with Gasteiger partial charge in [-0.05, 0) is 89.3 Å². The minimum absolute atomic E-state index is 0.0892. The number of benzene rings is 2. The van der Waals surface area contributed by atoms with Gasteiger partial charge in [-0.15, -0.1) is 0 Å². The Kier molecular flexibility index (Phi) is 6.84. The zero-order valence-corrected chi connectivity index (χ0v) is 20.6. The SMILES string of the molecule is Cc1ccc(-c2ccc(/C=C3/SC(=O)N(CC(=O)Nc4ccc(I)cc4)C3=O)o2)c([N+](=O)[O-])c1. The van der Waals surface area contributed by atoms with Crippen molar-refractivity contribution < 1.29 is 23.7 Å². The molecule has 11 heteroatoms. The molecule has 4 rings (SSSR count). The van der Waals surface area contributed by atoms with E-state index in [0.29, 0.717) is 23.0 Å². The maximum atomic E-state index is 12.7. The summed E-state index contributed by atoms with van der Waals surface area (Å²) >= 11 is 2.83. The fraction of sp³-hybridized carbons (Fsp3) is 0.0870. The van der Waals surface area contributed by atoms with E-state index in [1.54, 1.807) is 43.3 Å². The summed E-state index contributed by atoms with van der Waals surface area (Å²) < 4.78 is 6.70. The Hall–Kier alpha value is -3.45. The Labute approximate surface area is 211 Å². The molecule has 1 saturated heterocycles. The number of hydrogen-bond donors (Lipinski definition) is 1. The number of imide groups is 1. The van der Waals surface area contributed by atoms with Crippen LogP contribution in [0.3, 0.4) is 0 Å². The van der Waals surface area contributed by atoms with Crippen LogP contribution in [0.25, 0.3) is 17.4 Å². The summed E-state index contributed by atoms with van der Waals surface area (Å²) in [6.07, 6.45) is 1.38. The molecule has 34 heavy (non-hydrogen) atoms. The Morgan fingerprint density at radius 3 is 2.62 bits per heavy atom. The van der Waals surface area contributed by atoms with E-state index in [2.05, 4.69) is 27.9 Å². The summed E-state index contributed by atoms with van der Waals surface area (Å²) in [5.41, 5.74) is 1.50. The average molecular weight is 589 g/mol. The van der Waals surface area contributed by atoms with Gasteiger partial charge >= 0.3 is 0 Å². The first-order valence-electron chi connectivity index (χ1n) is 9.87. The van der Waals surface area contributed by atoms with Crippen LogP contribution >= 0.6 is 34.4 Å². The summed E-state index contributed by atoms with van der Waals surface area (Å²) in [7, 11) is 0. The third-order valence-electron chi connectivity index (χ3n) is 4.82. The number of anilines is 1. The zero-order chi connectivity index (χ0) is 24.4. The van der Waals surface area contributed by atoms with Crippen LogP contribution in [-0.4, -0.2) is 33.4 Å². The maximum absolute atomic E-state index is 12.7. The number of rotatable bonds is 6. The lowest BCUT2D eigenvalue weighted by atomic mass is 10.1. The van der Waals surface area contributed by atoms with Crippen LogP contribution in [-0.2, 0) is 9.59 Å². The van der Waals surface area contributed by atoms with E-state index in [1.807, 2.05) is 12.1 Å². The normalized spacial score (nSPS) is 14.6. The van der Waals surface area contributed by atoms with Crippen molar-refractivity contribution in [2.75, 3.05) is 11.9 Å². The van der Waals surface area contributed by atoms with Gasteiger partial charge in [0.25, 0.3) is 16.8 Å². The number of thioether (sulfide) groups is 1. The monoisotopic (exact) mass is 589 g/mol. The Morgan fingerprint density at radius 2 is 1.91 bits per heavy atom. The minimum Gasteiger partial charge on any atom is -0.456 e. The molecule has 0 saturated carbocycles. The van der Waals surface area contributed by atoms with Crippen LogP contribution < -0.4 is 5.32 Å². The van der Waals surface area contributed by atoms with Gasteiger partial charge in [0.1, 0.15) is 18.1 Å². The van der Waals surface area contributed by atoms with Gasteiger partial charge in [0.05, 0.1) is 15.4 Å². The van der Waals surface area contributed by atoms with E-state index in [-0.39, 0.29) is 22.1 Å². The topological polar surface area (TPSA) is 123 Å². The van der Waals surface area contributed by atoms with Gasteiger partial charge in [0.15, 0.2) is 0 Å². The van der Waals surface area contributed by atoms with E-state index >= 15 is 0 Å². The number of carbonyl (C=O) groups is 3. The second-order valence-corrected chi connectivity index (χ2v) is 9.54. The molecule has 2 aromatic carbocycles. The predicted octanol–water partition coefficient (Wildman–Crippen LogP) is 5.44. The molecule has 0 radical (unpaired) electrons. The Morgan fingerprint density at radius 1 is 1.18 bits per heavy atom. The van der Waals surface area contributed by atoms with E-state index < -0.39 is 28.5 Å². The van der Waals surface area contributed by atoms with Gasteiger partial charge in [-0.25, -0.2) is 0 Å². The lowest BCUT2D eigenvalue weighted by Crippen LogP contribution is -2.36. The molecular weight excluding hydrogens is 573 g/mol. The van der Waals surface area contributed by atoms with E-state index in [0.717, 1.165) is 14.0 Å². The first kappa shape index (κ1) is 23.7. The van der Waals surface area contributed by atoms with E-state index in [1.165, 1.54) is 12.1 Å². The Bertz CT molecular complexity index is 1350. The first-order valence-corrected chi connectivity index (χ1v) is 11.8. The van der Waals surface area contributed by atoms with Gasteiger partial charge in [0, 0.05) is 21.4 Å².